The number of carbonyl (C=O) groups is 1. The molecule has 0 fully saturated rings. The number of nitrogens with zero attached hydrogens (tertiary/aromatic N) is 1. The number of nitro groups is 1. The van der Waals surface area contributed by atoms with Gasteiger partial charge < -0.3 is 0 Å². The van der Waals surface area contributed by atoms with E-state index in [1.807, 2.05) is 0 Å². The highest BCUT2D eigenvalue weighted by Gasteiger charge is 2.07. The van der Waals surface area contributed by atoms with Gasteiger partial charge in [0, 0.05) is 17.7 Å². The van der Waals surface area contributed by atoms with Crippen LogP contribution in [0.1, 0.15) is 15.9 Å². The van der Waals surface area contributed by atoms with Gasteiger partial charge in [-0.3, -0.25) is 14.9 Å². The van der Waals surface area contributed by atoms with E-state index in [-0.39, 0.29) is 11.5 Å². The zero-order valence-corrected chi connectivity index (χ0v) is 11.1. The molecule has 2 rings (SSSR count). The molecular formula is C15H10ClNO3. The fraction of sp³-hybridized carbons (Fsp3) is 0. The third-order valence-corrected chi connectivity index (χ3v) is 2.98. The van der Waals surface area contributed by atoms with Crippen LogP contribution < -0.4 is 0 Å². The van der Waals surface area contributed by atoms with E-state index in [2.05, 4.69) is 0 Å². The Bertz CT molecular complexity index is 695. The van der Waals surface area contributed by atoms with Crippen molar-refractivity contribution in [2.45, 2.75) is 0 Å². The molecule has 5 heteroatoms. The molecule has 0 aliphatic heterocycles. The summed E-state index contributed by atoms with van der Waals surface area (Å²) in [7, 11) is 0. The molecule has 20 heavy (non-hydrogen) atoms. The minimum Gasteiger partial charge on any atom is -0.289 e. The third-order valence-electron chi connectivity index (χ3n) is 2.65. The highest BCUT2D eigenvalue weighted by atomic mass is 35.5. The maximum Gasteiger partial charge on any atom is 0.270 e. The van der Waals surface area contributed by atoms with Crippen LogP contribution in [-0.2, 0) is 0 Å². The average Bonchev–Trinajstić information content (AvgIpc) is 2.45. The Hall–Kier alpha value is -2.46. The summed E-state index contributed by atoms with van der Waals surface area (Å²) >= 11 is 5.92. The number of hydrogen-bond donors (Lipinski definition) is 0. The summed E-state index contributed by atoms with van der Waals surface area (Å²) in [6.45, 7) is 0. The van der Waals surface area contributed by atoms with Gasteiger partial charge in [-0.2, -0.15) is 0 Å². The van der Waals surface area contributed by atoms with Crippen LogP contribution in [0.25, 0.3) is 6.08 Å². The number of halogens is 1. The van der Waals surface area contributed by atoms with Crippen molar-refractivity contribution in [3.8, 4) is 0 Å². The van der Waals surface area contributed by atoms with E-state index in [0.717, 1.165) is 0 Å². The summed E-state index contributed by atoms with van der Waals surface area (Å²) in [5.41, 5.74) is 0.966. The largest absolute Gasteiger partial charge is 0.289 e. The van der Waals surface area contributed by atoms with Crippen LogP contribution in [0.5, 0.6) is 0 Å². The minimum atomic E-state index is -0.479. The molecule has 0 saturated heterocycles. The molecule has 0 N–H and O–H groups in total. The van der Waals surface area contributed by atoms with Crippen LogP contribution in [0.2, 0.25) is 5.02 Å². The monoisotopic (exact) mass is 287 g/mol. The summed E-state index contributed by atoms with van der Waals surface area (Å²) in [6.07, 6.45) is 2.87. The fourth-order valence-corrected chi connectivity index (χ4v) is 1.89. The molecule has 0 unspecified atom stereocenters. The Labute approximate surface area is 120 Å². The van der Waals surface area contributed by atoms with Crippen molar-refractivity contribution in [2.24, 2.45) is 0 Å². The smallest absolute Gasteiger partial charge is 0.270 e. The van der Waals surface area contributed by atoms with Gasteiger partial charge in [-0.15, -0.1) is 0 Å². The SMILES string of the molecule is O=C(C=Cc1cccc([N+](=O)[O-])c1)c1ccccc1Cl. The number of benzene rings is 2. The number of non-ortho nitro benzene ring substituents is 1. The van der Waals surface area contributed by atoms with Gasteiger partial charge in [-0.1, -0.05) is 41.9 Å². The summed E-state index contributed by atoms with van der Waals surface area (Å²) in [5.74, 6) is -0.248. The summed E-state index contributed by atoms with van der Waals surface area (Å²) in [6, 6.07) is 12.8. The van der Waals surface area contributed by atoms with Crippen LogP contribution in [-0.4, -0.2) is 10.7 Å². The van der Waals surface area contributed by atoms with Crippen molar-refractivity contribution in [1.82, 2.24) is 0 Å². The van der Waals surface area contributed by atoms with Gasteiger partial charge in [0.1, 0.15) is 0 Å². The molecule has 0 aliphatic rings. The Morgan fingerprint density at radius 1 is 1.15 bits per heavy atom. The number of ketones is 1. The lowest BCUT2D eigenvalue weighted by Crippen LogP contribution is -1.94. The van der Waals surface area contributed by atoms with E-state index in [1.165, 1.54) is 24.3 Å². The number of rotatable bonds is 4. The van der Waals surface area contributed by atoms with Gasteiger partial charge in [-0.05, 0) is 23.8 Å². The number of carbonyl (C=O) groups excluding carboxylic acids is 1. The second kappa shape index (κ2) is 6.12. The van der Waals surface area contributed by atoms with E-state index in [1.54, 1.807) is 36.4 Å². The van der Waals surface area contributed by atoms with Crippen LogP contribution in [0.4, 0.5) is 5.69 Å². The van der Waals surface area contributed by atoms with Crippen LogP contribution in [0.3, 0.4) is 0 Å². The zero-order chi connectivity index (χ0) is 14.5. The summed E-state index contributed by atoms with van der Waals surface area (Å²) in [5, 5.41) is 11.0. The van der Waals surface area contributed by atoms with E-state index in [4.69, 9.17) is 11.6 Å². The first kappa shape index (κ1) is 14.0. The molecule has 0 heterocycles. The molecule has 4 nitrogen and oxygen atoms in total. The van der Waals surface area contributed by atoms with Crippen LogP contribution in [0, 0.1) is 10.1 Å². The molecule has 0 amide bonds. The fourth-order valence-electron chi connectivity index (χ4n) is 1.66. The predicted molar refractivity (Wildman–Crippen MR) is 77.9 cm³/mol. The van der Waals surface area contributed by atoms with Gasteiger partial charge in [0.25, 0.3) is 5.69 Å². The highest BCUT2D eigenvalue weighted by Crippen LogP contribution is 2.17. The highest BCUT2D eigenvalue weighted by molar-refractivity contribution is 6.34. The molecule has 0 spiro atoms. The standard InChI is InChI=1S/C15H10ClNO3/c16-14-7-2-1-6-13(14)15(18)9-8-11-4-3-5-12(10-11)17(19)20/h1-10H. The maximum atomic E-state index is 12.0. The van der Waals surface area contributed by atoms with Crippen molar-refractivity contribution in [2.75, 3.05) is 0 Å². The number of nitro benzene ring substituents is 1. The predicted octanol–water partition coefficient (Wildman–Crippen LogP) is 4.14. The zero-order valence-electron chi connectivity index (χ0n) is 10.3. The van der Waals surface area contributed by atoms with E-state index >= 15 is 0 Å². The minimum absolute atomic E-state index is 0.0163. The van der Waals surface area contributed by atoms with Crippen LogP contribution in [0.15, 0.2) is 54.6 Å². The molecule has 0 bridgehead atoms. The molecular weight excluding hydrogens is 278 g/mol. The summed E-state index contributed by atoms with van der Waals surface area (Å²) in [4.78, 5) is 22.1. The quantitative estimate of drug-likeness (QED) is 0.367. The molecule has 0 aromatic heterocycles. The first-order valence-corrected chi connectivity index (χ1v) is 6.17. The Kier molecular flexibility index (Phi) is 4.27. The summed E-state index contributed by atoms with van der Waals surface area (Å²) < 4.78 is 0. The number of hydrogen-bond acceptors (Lipinski definition) is 3. The molecule has 0 saturated carbocycles. The first-order chi connectivity index (χ1) is 9.58. The van der Waals surface area contributed by atoms with Gasteiger partial charge in [-0.25, -0.2) is 0 Å². The lowest BCUT2D eigenvalue weighted by Gasteiger charge is -1.98. The molecule has 0 radical (unpaired) electrons. The Balaban J connectivity index is 2.21. The van der Waals surface area contributed by atoms with Gasteiger partial charge in [0.15, 0.2) is 5.78 Å². The average molecular weight is 288 g/mol. The normalized spacial score (nSPS) is 10.7. The molecule has 0 aliphatic carbocycles. The maximum absolute atomic E-state index is 12.0. The molecule has 2 aromatic rings. The van der Waals surface area contributed by atoms with Crippen molar-refractivity contribution < 1.29 is 9.72 Å². The topological polar surface area (TPSA) is 60.2 Å². The van der Waals surface area contributed by atoms with E-state index in [9.17, 15) is 14.9 Å². The van der Waals surface area contributed by atoms with E-state index < -0.39 is 4.92 Å². The van der Waals surface area contributed by atoms with Crippen molar-refractivity contribution in [3.05, 3.63) is 80.9 Å². The van der Waals surface area contributed by atoms with Crippen LogP contribution >= 0.6 is 11.6 Å². The van der Waals surface area contributed by atoms with Crippen molar-refractivity contribution in [1.29, 1.82) is 0 Å². The van der Waals surface area contributed by atoms with Crippen molar-refractivity contribution >= 4 is 29.1 Å². The number of allylic oxidation sites excluding steroid dienone is 1. The van der Waals surface area contributed by atoms with Gasteiger partial charge >= 0.3 is 0 Å². The third kappa shape index (κ3) is 3.30. The van der Waals surface area contributed by atoms with Gasteiger partial charge in [0.2, 0.25) is 0 Å². The second-order valence-electron chi connectivity index (χ2n) is 4.03. The molecule has 0 atom stereocenters. The Morgan fingerprint density at radius 3 is 2.60 bits per heavy atom. The molecule has 100 valence electrons. The first-order valence-electron chi connectivity index (χ1n) is 5.79. The van der Waals surface area contributed by atoms with E-state index in [0.29, 0.717) is 16.1 Å². The Morgan fingerprint density at radius 2 is 1.90 bits per heavy atom. The van der Waals surface area contributed by atoms with Gasteiger partial charge in [0.05, 0.1) is 9.95 Å². The van der Waals surface area contributed by atoms with Crippen molar-refractivity contribution in [3.63, 3.8) is 0 Å². The lowest BCUT2D eigenvalue weighted by molar-refractivity contribution is -0.384. The lowest BCUT2D eigenvalue weighted by atomic mass is 10.1. The molecule has 2 aromatic carbocycles. The second-order valence-corrected chi connectivity index (χ2v) is 4.44.